The number of hydrogen-bond donors (Lipinski definition) is 2. The van der Waals surface area contributed by atoms with Gasteiger partial charge in [0.25, 0.3) is 0 Å². The van der Waals surface area contributed by atoms with Crippen LogP contribution in [0.1, 0.15) is 10.4 Å². The Morgan fingerprint density at radius 1 is 1.47 bits per heavy atom. The first kappa shape index (κ1) is 11.3. The largest absolute Gasteiger partial charge is 0.320 e. The number of carbonyl (C=O) groups is 1. The summed E-state index contributed by atoms with van der Waals surface area (Å²) < 4.78 is 1.76. The van der Waals surface area contributed by atoms with Gasteiger partial charge in [0.1, 0.15) is 17.2 Å². The van der Waals surface area contributed by atoms with Gasteiger partial charge in [0.2, 0.25) is 11.5 Å². The van der Waals surface area contributed by atoms with Gasteiger partial charge in [0.15, 0.2) is 0 Å². The number of hydrogen-bond acceptors (Lipinski definition) is 6. The fraction of sp³-hybridized carbons (Fsp3) is 0.364. The molecule has 4 heterocycles. The number of nitrogens with two attached hydrogens (primary N) is 1. The van der Waals surface area contributed by atoms with Crippen molar-refractivity contribution in [3.63, 3.8) is 0 Å². The van der Waals surface area contributed by atoms with Crippen molar-refractivity contribution < 1.29 is 4.79 Å². The average molecular weight is 293 g/mol. The molecule has 0 aliphatic carbocycles. The third kappa shape index (κ3) is 1.53. The van der Waals surface area contributed by atoms with Gasteiger partial charge in [-0.15, -0.1) is 16.4 Å². The molecule has 98 valence electrons. The zero-order chi connectivity index (χ0) is 13.0. The van der Waals surface area contributed by atoms with Crippen molar-refractivity contribution in [3.8, 4) is 0 Å². The van der Waals surface area contributed by atoms with Crippen LogP contribution in [-0.2, 0) is 23.5 Å². The number of thiophene rings is 1. The smallest absolute Gasteiger partial charge is 0.249 e. The molecule has 0 aromatic carbocycles. The van der Waals surface area contributed by atoms with Crippen LogP contribution in [0.4, 0.5) is 5.82 Å². The van der Waals surface area contributed by atoms with E-state index in [0.717, 1.165) is 34.0 Å². The first-order chi connectivity index (χ1) is 9.28. The predicted molar refractivity (Wildman–Crippen MR) is 75.9 cm³/mol. The highest BCUT2D eigenvalue weighted by Gasteiger charge is 2.27. The lowest BCUT2D eigenvalue weighted by atomic mass is 10.1. The predicted octanol–water partition coefficient (Wildman–Crippen LogP) is 0.614. The molecule has 0 saturated heterocycles. The summed E-state index contributed by atoms with van der Waals surface area (Å²) in [7, 11) is 0. The van der Waals surface area contributed by atoms with Crippen LogP contribution in [0, 0.1) is 0 Å². The second kappa shape index (κ2) is 3.97. The maximum atomic E-state index is 11.7. The number of amides is 1. The van der Waals surface area contributed by atoms with E-state index in [4.69, 9.17) is 5.84 Å². The van der Waals surface area contributed by atoms with E-state index in [1.165, 1.54) is 10.4 Å². The van der Waals surface area contributed by atoms with Gasteiger partial charge in [-0.2, -0.15) is 11.8 Å². The zero-order valence-corrected chi connectivity index (χ0v) is 11.6. The molecule has 0 atom stereocenters. The van der Waals surface area contributed by atoms with E-state index < -0.39 is 0 Å². The third-order valence-electron chi connectivity index (χ3n) is 3.43. The molecule has 1 amide bonds. The number of fused-ring (bicyclic) bond motifs is 5. The van der Waals surface area contributed by atoms with Crippen LogP contribution in [0.25, 0.3) is 10.2 Å². The fourth-order valence-electron chi connectivity index (χ4n) is 2.62. The standard InChI is InChI=1S/C11H11N5OS2/c12-15-11-14-10-8(9-13-7(17)3-16(9)11)5-1-2-18-4-6(5)19-10/h1-4,12H2,(H,13,17)/b15-11-. The molecule has 0 fully saturated rings. The van der Waals surface area contributed by atoms with Crippen LogP contribution in [0.3, 0.4) is 0 Å². The molecule has 0 spiro atoms. The Hall–Kier alpha value is -1.54. The van der Waals surface area contributed by atoms with E-state index in [1.807, 2.05) is 11.8 Å². The Kier molecular flexibility index (Phi) is 2.36. The molecule has 6 nitrogen and oxygen atoms in total. The van der Waals surface area contributed by atoms with Gasteiger partial charge in [-0.1, -0.05) is 0 Å². The molecule has 2 aromatic rings. The molecular formula is C11H11N5OS2. The molecule has 19 heavy (non-hydrogen) atoms. The van der Waals surface area contributed by atoms with Crippen molar-refractivity contribution in [2.45, 2.75) is 18.7 Å². The van der Waals surface area contributed by atoms with Crippen LogP contribution in [-0.4, -0.2) is 21.2 Å². The van der Waals surface area contributed by atoms with Crippen molar-refractivity contribution in [2.75, 3.05) is 11.1 Å². The molecule has 3 N–H and O–H groups in total. The number of anilines is 1. The molecule has 0 unspecified atom stereocenters. The van der Waals surface area contributed by atoms with Crippen molar-refractivity contribution in [1.29, 1.82) is 0 Å². The second-order valence-corrected chi connectivity index (χ2v) is 6.70. The lowest BCUT2D eigenvalue weighted by molar-refractivity contribution is -0.115. The average Bonchev–Trinajstić information content (AvgIpc) is 2.96. The molecule has 2 aromatic heterocycles. The van der Waals surface area contributed by atoms with E-state index in [9.17, 15) is 4.79 Å². The molecule has 4 rings (SSSR count). The molecule has 0 radical (unpaired) electrons. The first-order valence-corrected chi connectivity index (χ1v) is 7.91. The first-order valence-electron chi connectivity index (χ1n) is 5.94. The van der Waals surface area contributed by atoms with Crippen molar-refractivity contribution in [2.24, 2.45) is 10.9 Å². The fourth-order valence-corrected chi connectivity index (χ4v) is 4.97. The number of rotatable bonds is 0. The minimum absolute atomic E-state index is 0.0377. The van der Waals surface area contributed by atoms with Crippen LogP contribution >= 0.6 is 23.1 Å². The number of nitrogens with zero attached hydrogens (tertiary/aromatic N) is 3. The lowest BCUT2D eigenvalue weighted by Crippen LogP contribution is -2.24. The number of aryl methyl sites for hydroxylation is 1. The number of nitrogens with one attached hydrogen (secondary N) is 1. The van der Waals surface area contributed by atoms with Crippen LogP contribution in [0.5, 0.6) is 0 Å². The van der Waals surface area contributed by atoms with Crippen LogP contribution < -0.4 is 16.8 Å². The summed E-state index contributed by atoms with van der Waals surface area (Å²) in [5.74, 6) is 8.30. The van der Waals surface area contributed by atoms with Crippen LogP contribution in [0.2, 0.25) is 0 Å². The van der Waals surface area contributed by atoms with E-state index >= 15 is 0 Å². The summed E-state index contributed by atoms with van der Waals surface area (Å²) in [6.07, 6.45) is 1.03. The maximum absolute atomic E-state index is 11.7. The molecule has 2 aliphatic rings. The summed E-state index contributed by atoms with van der Waals surface area (Å²) in [4.78, 5) is 18.4. The van der Waals surface area contributed by atoms with Gasteiger partial charge in [-0.25, -0.2) is 4.98 Å². The quantitative estimate of drug-likeness (QED) is 0.550. The Bertz CT molecular complexity index is 775. The maximum Gasteiger partial charge on any atom is 0.249 e. The number of carbonyl (C=O) groups excluding carboxylic acids is 1. The topological polar surface area (TPSA) is 85.3 Å². The van der Waals surface area contributed by atoms with E-state index in [2.05, 4.69) is 15.4 Å². The van der Waals surface area contributed by atoms with Crippen molar-refractivity contribution >= 4 is 45.0 Å². The van der Waals surface area contributed by atoms with E-state index in [0.29, 0.717) is 5.62 Å². The highest BCUT2D eigenvalue weighted by Crippen LogP contribution is 2.40. The molecule has 8 heteroatoms. The Balaban J connectivity index is 2.13. The van der Waals surface area contributed by atoms with Gasteiger partial charge >= 0.3 is 0 Å². The van der Waals surface area contributed by atoms with Crippen molar-refractivity contribution in [1.82, 2.24) is 9.55 Å². The number of aromatic nitrogens is 2. The Morgan fingerprint density at radius 2 is 2.37 bits per heavy atom. The van der Waals surface area contributed by atoms with E-state index in [-0.39, 0.29) is 12.5 Å². The summed E-state index contributed by atoms with van der Waals surface area (Å²) in [6.45, 7) is 0.244. The minimum Gasteiger partial charge on any atom is -0.320 e. The Labute approximate surface area is 116 Å². The van der Waals surface area contributed by atoms with Gasteiger partial charge in [0.05, 0.1) is 5.39 Å². The third-order valence-corrected chi connectivity index (χ3v) is 5.72. The Morgan fingerprint density at radius 3 is 3.21 bits per heavy atom. The van der Waals surface area contributed by atoms with Gasteiger partial charge < -0.3 is 11.2 Å². The summed E-state index contributed by atoms with van der Waals surface area (Å²) in [5, 5.41) is 7.70. The lowest BCUT2D eigenvalue weighted by Gasteiger charge is -2.11. The zero-order valence-electron chi connectivity index (χ0n) is 9.97. The SMILES string of the molecule is N/N=c1/nc2sc3c(c2c2n1CC(=O)N2)CCSC3. The van der Waals surface area contributed by atoms with Crippen molar-refractivity contribution in [3.05, 3.63) is 16.1 Å². The second-order valence-electron chi connectivity index (χ2n) is 4.51. The molecule has 0 saturated carbocycles. The van der Waals surface area contributed by atoms with Gasteiger partial charge in [-0.05, 0) is 17.7 Å². The minimum atomic E-state index is -0.0377. The van der Waals surface area contributed by atoms with Gasteiger partial charge in [-0.3, -0.25) is 9.36 Å². The monoisotopic (exact) mass is 293 g/mol. The molecular weight excluding hydrogens is 282 g/mol. The molecule has 0 bridgehead atoms. The van der Waals surface area contributed by atoms with Gasteiger partial charge in [0, 0.05) is 10.6 Å². The molecule has 2 aliphatic heterocycles. The number of thioether (sulfide) groups is 1. The normalized spacial score (nSPS) is 18.5. The summed E-state index contributed by atoms with van der Waals surface area (Å²) in [6, 6.07) is 0. The highest BCUT2D eigenvalue weighted by molar-refractivity contribution is 7.98. The summed E-state index contributed by atoms with van der Waals surface area (Å²) in [5.41, 5.74) is 1.74. The summed E-state index contributed by atoms with van der Waals surface area (Å²) >= 11 is 3.62. The highest BCUT2D eigenvalue weighted by atomic mass is 32.2. The van der Waals surface area contributed by atoms with E-state index in [1.54, 1.807) is 15.9 Å². The van der Waals surface area contributed by atoms with Crippen LogP contribution in [0.15, 0.2) is 5.10 Å².